The first-order valence-electron chi connectivity index (χ1n) is 15.9. The number of benzene rings is 7. The van der Waals surface area contributed by atoms with Crippen LogP contribution in [0.25, 0.3) is 77.6 Å². The Labute approximate surface area is 274 Å². The molecule has 0 aliphatic heterocycles. The fraction of sp³-hybridized carbons (Fsp3) is 0. The Bertz CT molecular complexity index is 2770. The molecule has 0 aliphatic rings. The molecule has 0 bridgehead atoms. The zero-order valence-corrected chi connectivity index (χ0v) is 25.6. The number of aromatic nitrogens is 1. The first-order chi connectivity index (χ1) is 23.8. The summed E-state index contributed by atoms with van der Waals surface area (Å²) in [4.78, 5) is 7.25. The highest BCUT2D eigenvalue weighted by atomic mass is 16.4. The molecule has 0 N–H and O–H groups in total. The lowest BCUT2D eigenvalue weighted by Gasteiger charge is -2.26. The minimum atomic E-state index is 0.587. The van der Waals surface area contributed by atoms with E-state index in [4.69, 9.17) is 18.2 Å². The van der Waals surface area contributed by atoms with Gasteiger partial charge in [0.1, 0.15) is 27.8 Å². The van der Waals surface area contributed by atoms with E-state index in [1.807, 2.05) is 66.7 Å². The molecule has 0 saturated carbocycles. The number of hydrogen-bond donors (Lipinski definition) is 0. The largest absolute Gasteiger partial charge is 0.456 e. The molecule has 0 unspecified atom stereocenters. The molecule has 0 spiro atoms. The maximum Gasteiger partial charge on any atom is 0.227 e. The van der Waals surface area contributed by atoms with Crippen LogP contribution in [-0.4, -0.2) is 4.98 Å². The standard InChI is InChI=1S/C43H26N2O3/c1-3-9-27(10-4-1)28-15-17-30(18-16-28)45(31-19-21-37-34(25-31)33-13-7-8-14-36(33)46-37)32-20-22-38-35(26-32)41-39(47-38)23-24-40-42(41)44-43(48-40)29-11-5-2-6-12-29/h1-26H. The van der Waals surface area contributed by atoms with Gasteiger partial charge in [-0.25, -0.2) is 4.98 Å². The van der Waals surface area contributed by atoms with Gasteiger partial charge in [-0.2, -0.15) is 0 Å². The Morgan fingerprint density at radius 1 is 0.375 bits per heavy atom. The van der Waals surface area contributed by atoms with E-state index in [0.717, 1.165) is 83.2 Å². The Kier molecular flexibility index (Phi) is 5.81. The zero-order valence-electron chi connectivity index (χ0n) is 25.6. The Balaban J connectivity index is 1.18. The van der Waals surface area contributed by atoms with Crippen LogP contribution in [0.15, 0.2) is 171 Å². The SMILES string of the molecule is c1ccc(-c2ccc(N(c3ccc4oc5ccccc5c4c3)c3ccc4oc5ccc6oc(-c7ccccc7)nc6c5c4c3)cc2)cc1. The fourth-order valence-corrected chi connectivity index (χ4v) is 6.82. The fourth-order valence-electron chi connectivity index (χ4n) is 6.82. The highest BCUT2D eigenvalue weighted by Crippen LogP contribution is 2.43. The monoisotopic (exact) mass is 618 g/mol. The van der Waals surface area contributed by atoms with Gasteiger partial charge in [-0.1, -0.05) is 78.9 Å². The normalized spacial score (nSPS) is 11.8. The van der Waals surface area contributed by atoms with Crippen LogP contribution in [0.3, 0.4) is 0 Å². The molecule has 0 amide bonds. The lowest BCUT2D eigenvalue weighted by atomic mass is 10.0. The molecule has 10 aromatic rings. The van der Waals surface area contributed by atoms with E-state index in [2.05, 4.69) is 95.9 Å². The molecule has 226 valence electrons. The Hall–Kier alpha value is -6.59. The van der Waals surface area contributed by atoms with E-state index in [0.29, 0.717) is 5.89 Å². The van der Waals surface area contributed by atoms with Crippen molar-refractivity contribution in [3.63, 3.8) is 0 Å². The number of fused-ring (bicyclic) bond motifs is 8. The molecular formula is C43H26N2O3. The molecule has 0 aliphatic carbocycles. The van der Waals surface area contributed by atoms with Crippen LogP contribution in [0.2, 0.25) is 0 Å². The average Bonchev–Trinajstić information content (AvgIpc) is 3.86. The highest BCUT2D eigenvalue weighted by molar-refractivity contribution is 6.17. The molecule has 0 saturated heterocycles. The van der Waals surface area contributed by atoms with Crippen molar-refractivity contribution in [3.05, 3.63) is 158 Å². The first-order valence-corrected chi connectivity index (χ1v) is 15.9. The molecule has 3 aromatic heterocycles. The molecule has 48 heavy (non-hydrogen) atoms. The van der Waals surface area contributed by atoms with Gasteiger partial charge in [0.25, 0.3) is 0 Å². The lowest BCUT2D eigenvalue weighted by Crippen LogP contribution is -2.09. The number of oxazole rings is 1. The van der Waals surface area contributed by atoms with Crippen LogP contribution < -0.4 is 4.90 Å². The summed E-state index contributed by atoms with van der Waals surface area (Å²) in [5, 5.41) is 4.07. The molecule has 0 fully saturated rings. The van der Waals surface area contributed by atoms with Gasteiger partial charge in [-0.15, -0.1) is 0 Å². The molecule has 0 atom stereocenters. The van der Waals surface area contributed by atoms with Crippen molar-refractivity contribution < 1.29 is 13.3 Å². The van der Waals surface area contributed by atoms with Crippen molar-refractivity contribution >= 4 is 72.0 Å². The van der Waals surface area contributed by atoms with Crippen molar-refractivity contribution in [2.24, 2.45) is 0 Å². The third kappa shape index (κ3) is 4.22. The van der Waals surface area contributed by atoms with Crippen LogP contribution >= 0.6 is 0 Å². The second-order valence-corrected chi connectivity index (χ2v) is 12.0. The number of anilines is 3. The van der Waals surface area contributed by atoms with Gasteiger partial charge in [0.05, 0.1) is 5.39 Å². The summed E-state index contributed by atoms with van der Waals surface area (Å²) in [5.74, 6) is 0.587. The minimum absolute atomic E-state index is 0.587. The summed E-state index contributed by atoms with van der Waals surface area (Å²) in [5.41, 5.74) is 11.1. The molecular weight excluding hydrogens is 592 g/mol. The second kappa shape index (κ2) is 10.5. The number of nitrogens with zero attached hydrogens (tertiary/aromatic N) is 2. The molecule has 0 radical (unpaired) electrons. The third-order valence-corrected chi connectivity index (χ3v) is 9.11. The summed E-state index contributed by atoms with van der Waals surface area (Å²) in [6, 6.07) is 54.0. The van der Waals surface area contributed by atoms with Crippen LogP contribution in [-0.2, 0) is 0 Å². The predicted molar refractivity (Wildman–Crippen MR) is 194 cm³/mol. The van der Waals surface area contributed by atoms with Crippen LogP contribution in [0.5, 0.6) is 0 Å². The Morgan fingerprint density at radius 2 is 0.917 bits per heavy atom. The molecule has 5 heteroatoms. The summed E-state index contributed by atoms with van der Waals surface area (Å²) in [6.45, 7) is 0. The molecule has 5 nitrogen and oxygen atoms in total. The van der Waals surface area contributed by atoms with E-state index in [-0.39, 0.29) is 0 Å². The van der Waals surface area contributed by atoms with E-state index < -0.39 is 0 Å². The van der Waals surface area contributed by atoms with Crippen LogP contribution in [0, 0.1) is 0 Å². The van der Waals surface area contributed by atoms with Crippen molar-refractivity contribution in [2.75, 3.05) is 4.90 Å². The molecule has 7 aromatic carbocycles. The average molecular weight is 619 g/mol. The van der Waals surface area contributed by atoms with Gasteiger partial charge in [0.15, 0.2) is 5.58 Å². The summed E-state index contributed by atoms with van der Waals surface area (Å²) < 4.78 is 18.8. The number of furan rings is 2. The topological polar surface area (TPSA) is 55.6 Å². The van der Waals surface area contributed by atoms with Crippen molar-refractivity contribution in [3.8, 4) is 22.6 Å². The van der Waals surface area contributed by atoms with Crippen molar-refractivity contribution in [1.82, 2.24) is 4.98 Å². The quantitative estimate of drug-likeness (QED) is 0.192. The summed E-state index contributed by atoms with van der Waals surface area (Å²) in [6.07, 6.45) is 0. The predicted octanol–water partition coefficient (Wildman–Crippen LogP) is 12.4. The summed E-state index contributed by atoms with van der Waals surface area (Å²) in [7, 11) is 0. The first kappa shape index (κ1) is 26.6. The van der Waals surface area contributed by atoms with E-state index in [1.54, 1.807) is 0 Å². The van der Waals surface area contributed by atoms with Gasteiger partial charge < -0.3 is 18.2 Å². The summed E-state index contributed by atoms with van der Waals surface area (Å²) >= 11 is 0. The van der Waals surface area contributed by atoms with Gasteiger partial charge in [0, 0.05) is 38.8 Å². The maximum absolute atomic E-state index is 6.37. The number of hydrogen-bond acceptors (Lipinski definition) is 5. The van der Waals surface area contributed by atoms with Gasteiger partial charge >= 0.3 is 0 Å². The maximum atomic E-state index is 6.37. The third-order valence-electron chi connectivity index (χ3n) is 9.11. The van der Waals surface area contributed by atoms with Gasteiger partial charge in [0.2, 0.25) is 5.89 Å². The highest BCUT2D eigenvalue weighted by Gasteiger charge is 2.20. The second-order valence-electron chi connectivity index (χ2n) is 12.0. The lowest BCUT2D eigenvalue weighted by molar-refractivity contribution is 0.619. The molecule has 3 heterocycles. The van der Waals surface area contributed by atoms with Crippen LogP contribution in [0.1, 0.15) is 0 Å². The van der Waals surface area contributed by atoms with Crippen molar-refractivity contribution in [1.29, 1.82) is 0 Å². The van der Waals surface area contributed by atoms with Crippen LogP contribution in [0.4, 0.5) is 17.1 Å². The zero-order chi connectivity index (χ0) is 31.6. The van der Waals surface area contributed by atoms with Crippen molar-refractivity contribution in [2.45, 2.75) is 0 Å². The number of para-hydroxylation sites is 1. The number of rotatable bonds is 5. The Morgan fingerprint density at radius 3 is 1.69 bits per heavy atom. The molecule has 10 rings (SSSR count). The van der Waals surface area contributed by atoms with Gasteiger partial charge in [-0.05, 0) is 90.0 Å². The van der Waals surface area contributed by atoms with E-state index in [9.17, 15) is 0 Å². The van der Waals surface area contributed by atoms with Gasteiger partial charge in [-0.3, -0.25) is 0 Å². The van der Waals surface area contributed by atoms with E-state index >= 15 is 0 Å². The van der Waals surface area contributed by atoms with E-state index in [1.165, 1.54) is 5.56 Å². The smallest absolute Gasteiger partial charge is 0.227 e. The minimum Gasteiger partial charge on any atom is -0.456 e.